The Hall–Kier alpha value is -7.69. The van der Waals surface area contributed by atoms with Gasteiger partial charge in [-0.25, -0.2) is 15.0 Å². The van der Waals surface area contributed by atoms with E-state index < -0.39 is 0 Å². The second-order valence-corrected chi connectivity index (χ2v) is 14.4. The highest BCUT2D eigenvalue weighted by atomic mass is 16.3. The fourth-order valence-electron chi connectivity index (χ4n) is 8.22. The Balaban J connectivity index is 1.20. The number of nitrogens with zero attached hydrogens (tertiary/aromatic N) is 3. The zero-order chi connectivity index (χ0) is 37.7. The molecule has 2 heterocycles. The second-order valence-electron chi connectivity index (χ2n) is 14.4. The minimum Gasteiger partial charge on any atom is -0.455 e. The summed E-state index contributed by atoms with van der Waals surface area (Å²) in [4.78, 5) is 15.5. The average molecular weight is 728 g/mol. The summed E-state index contributed by atoms with van der Waals surface area (Å²) in [5.74, 6) is 1.80. The molecule has 0 bridgehead atoms. The third-order valence-electron chi connectivity index (χ3n) is 10.9. The SMILES string of the molecule is c1ccc(-c2cccc(-c3nc(-c4ccccc4)nc(-c4cccc5oc6c(-c7cccc8ccccc78)cc(-c7cccc8ccccc78)cc6c45)n3)c2)cc1. The van der Waals surface area contributed by atoms with Crippen LogP contribution in [0.1, 0.15) is 0 Å². The highest BCUT2D eigenvalue weighted by Gasteiger charge is 2.22. The molecule has 0 aliphatic rings. The van der Waals surface area contributed by atoms with Crippen LogP contribution in [-0.2, 0) is 0 Å². The van der Waals surface area contributed by atoms with Crippen molar-refractivity contribution in [3.05, 3.63) is 200 Å². The van der Waals surface area contributed by atoms with Crippen LogP contribution in [0.25, 0.3) is 111 Å². The molecule has 0 aliphatic carbocycles. The first kappa shape index (κ1) is 32.7. The summed E-state index contributed by atoms with van der Waals surface area (Å²) in [6.45, 7) is 0. The van der Waals surface area contributed by atoms with Crippen LogP contribution < -0.4 is 0 Å². The van der Waals surface area contributed by atoms with E-state index in [9.17, 15) is 0 Å². The molecule has 0 N–H and O–H groups in total. The molecular formula is C53H33N3O. The van der Waals surface area contributed by atoms with E-state index in [4.69, 9.17) is 19.4 Å². The van der Waals surface area contributed by atoms with Crippen LogP contribution in [0.3, 0.4) is 0 Å². The average Bonchev–Trinajstić information content (AvgIpc) is 3.68. The number of fused-ring (bicyclic) bond motifs is 5. The van der Waals surface area contributed by atoms with Gasteiger partial charge in [0.05, 0.1) is 0 Å². The van der Waals surface area contributed by atoms with Crippen molar-refractivity contribution in [2.45, 2.75) is 0 Å². The molecule has 0 fully saturated rings. The highest BCUT2D eigenvalue weighted by Crippen LogP contribution is 2.45. The number of rotatable bonds is 6. The lowest BCUT2D eigenvalue weighted by Crippen LogP contribution is -2.00. The van der Waals surface area contributed by atoms with Gasteiger partial charge in [-0.15, -0.1) is 0 Å². The van der Waals surface area contributed by atoms with Gasteiger partial charge in [0.2, 0.25) is 0 Å². The van der Waals surface area contributed by atoms with Crippen LogP contribution in [0.15, 0.2) is 205 Å². The lowest BCUT2D eigenvalue weighted by molar-refractivity contribution is 0.670. The van der Waals surface area contributed by atoms with E-state index in [2.05, 4.69) is 152 Å². The van der Waals surface area contributed by atoms with Crippen molar-refractivity contribution < 1.29 is 4.42 Å². The van der Waals surface area contributed by atoms with Gasteiger partial charge in [0.15, 0.2) is 17.5 Å². The molecule has 4 heteroatoms. The Bertz CT molecular complexity index is 3290. The van der Waals surface area contributed by atoms with Crippen molar-refractivity contribution in [3.8, 4) is 67.5 Å². The van der Waals surface area contributed by atoms with Crippen molar-refractivity contribution in [1.82, 2.24) is 15.0 Å². The Morgan fingerprint density at radius 3 is 1.58 bits per heavy atom. The van der Waals surface area contributed by atoms with Crippen molar-refractivity contribution in [2.75, 3.05) is 0 Å². The fraction of sp³-hybridized carbons (Fsp3) is 0. The van der Waals surface area contributed by atoms with Gasteiger partial charge in [0, 0.05) is 33.0 Å². The van der Waals surface area contributed by atoms with Crippen LogP contribution in [0.2, 0.25) is 0 Å². The summed E-state index contributed by atoms with van der Waals surface area (Å²) in [6, 6.07) is 69.9. The van der Waals surface area contributed by atoms with Crippen molar-refractivity contribution in [1.29, 1.82) is 0 Å². The molecule has 57 heavy (non-hydrogen) atoms. The lowest BCUT2D eigenvalue weighted by Gasteiger charge is -2.13. The fourth-order valence-corrected chi connectivity index (χ4v) is 8.22. The van der Waals surface area contributed by atoms with Gasteiger partial charge in [0.1, 0.15) is 11.2 Å². The predicted molar refractivity (Wildman–Crippen MR) is 235 cm³/mol. The molecule has 0 saturated carbocycles. The smallest absolute Gasteiger partial charge is 0.164 e. The van der Waals surface area contributed by atoms with E-state index >= 15 is 0 Å². The van der Waals surface area contributed by atoms with Crippen molar-refractivity contribution in [3.63, 3.8) is 0 Å². The molecule has 0 aliphatic heterocycles. The van der Waals surface area contributed by atoms with Crippen LogP contribution in [0.4, 0.5) is 0 Å². The minimum atomic E-state index is 0.583. The molecular weight excluding hydrogens is 695 g/mol. The quantitative estimate of drug-likeness (QED) is 0.171. The lowest BCUT2D eigenvalue weighted by atomic mass is 9.91. The molecule has 0 amide bonds. The van der Waals surface area contributed by atoms with E-state index in [0.29, 0.717) is 17.5 Å². The topological polar surface area (TPSA) is 51.8 Å². The van der Waals surface area contributed by atoms with Crippen LogP contribution in [0.5, 0.6) is 0 Å². The molecule has 0 saturated heterocycles. The molecule has 0 spiro atoms. The number of benzene rings is 9. The molecule has 266 valence electrons. The zero-order valence-corrected chi connectivity index (χ0v) is 30.8. The Morgan fingerprint density at radius 2 is 0.825 bits per heavy atom. The molecule has 0 atom stereocenters. The number of hydrogen-bond donors (Lipinski definition) is 0. The van der Waals surface area contributed by atoms with E-state index in [1.165, 1.54) is 21.5 Å². The maximum absolute atomic E-state index is 6.95. The molecule has 4 nitrogen and oxygen atoms in total. The molecule has 11 aromatic rings. The van der Waals surface area contributed by atoms with Crippen LogP contribution in [-0.4, -0.2) is 15.0 Å². The largest absolute Gasteiger partial charge is 0.455 e. The Labute approximate surface area is 329 Å². The summed E-state index contributed by atoms with van der Waals surface area (Å²) in [7, 11) is 0. The van der Waals surface area contributed by atoms with Crippen LogP contribution in [0, 0.1) is 0 Å². The number of furan rings is 1. The molecule has 9 aromatic carbocycles. The van der Waals surface area contributed by atoms with Gasteiger partial charge in [-0.1, -0.05) is 176 Å². The molecule has 0 unspecified atom stereocenters. The summed E-state index contributed by atoms with van der Waals surface area (Å²) >= 11 is 0. The van der Waals surface area contributed by atoms with Crippen LogP contribution >= 0.6 is 0 Å². The molecule has 0 radical (unpaired) electrons. The van der Waals surface area contributed by atoms with E-state index in [0.717, 1.165) is 72.0 Å². The first-order valence-corrected chi connectivity index (χ1v) is 19.2. The van der Waals surface area contributed by atoms with Gasteiger partial charge in [-0.2, -0.15) is 0 Å². The third kappa shape index (κ3) is 5.74. The first-order valence-electron chi connectivity index (χ1n) is 19.2. The minimum absolute atomic E-state index is 0.583. The maximum atomic E-state index is 6.95. The normalized spacial score (nSPS) is 11.5. The zero-order valence-electron chi connectivity index (χ0n) is 30.8. The van der Waals surface area contributed by atoms with E-state index in [1.807, 2.05) is 48.5 Å². The number of aromatic nitrogens is 3. The monoisotopic (exact) mass is 727 g/mol. The van der Waals surface area contributed by atoms with Gasteiger partial charge >= 0.3 is 0 Å². The summed E-state index contributed by atoms with van der Waals surface area (Å²) in [6.07, 6.45) is 0. The van der Waals surface area contributed by atoms with Gasteiger partial charge in [-0.3, -0.25) is 0 Å². The van der Waals surface area contributed by atoms with E-state index in [-0.39, 0.29) is 0 Å². The second kappa shape index (κ2) is 13.6. The summed E-state index contributed by atoms with van der Waals surface area (Å²) < 4.78 is 6.95. The van der Waals surface area contributed by atoms with E-state index in [1.54, 1.807) is 0 Å². The standard InChI is InChI=1S/C53H33N3O/c1-3-15-34(16-4-1)38-23-11-24-39(31-38)52-54-51(37-19-5-2-6-20-37)55-53(56-52)45-29-14-30-48-49(45)47-33-40(43-27-12-21-35-17-7-9-25-41(35)43)32-46(50(47)57-48)44-28-13-22-36-18-8-10-26-42(36)44/h1-33H. The van der Waals surface area contributed by atoms with Crippen molar-refractivity contribution in [2.24, 2.45) is 0 Å². The Kier molecular flexibility index (Phi) is 7.78. The predicted octanol–water partition coefficient (Wildman–Crippen LogP) is 14.1. The Morgan fingerprint density at radius 1 is 0.298 bits per heavy atom. The van der Waals surface area contributed by atoms with Gasteiger partial charge in [0.25, 0.3) is 0 Å². The summed E-state index contributed by atoms with van der Waals surface area (Å²) in [5.41, 5.74) is 11.0. The van der Waals surface area contributed by atoms with Crippen molar-refractivity contribution >= 4 is 43.5 Å². The highest BCUT2D eigenvalue weighted by molar-refractivity contribution is 6.18. The maximum Gasteiger partial charge on any atom is 0.164 e. The number of hydrogen-bond acceptors (Lipinski definition) is 4. The molecule has 11 rings (SSSR count). The summed E-state index contributed by atoms with van der Waals surface area (Å²) in [5, 5.41) is 6.71. The van der Waals surface area contributed by atoms with Gasteiger partial charge < -0.3 is 4.42 Å². The molecule has 2 aromatic heterocycles. The third-order valence-corrected chi connectivity index (χ3v) is 10.9. The first-order chi connectivity index (χ1) is 28.2. The van der Waals surface area contributed by atoms with Gasteiger partial charge in [-0.05, 0) is 73.6 Å².